The van der Waals surface area contributed by atoms with Crippen molar-refractivity contribution in [2.75, 3.05) is 0 Å². The Kier molecular flexibility index (Phi) is 3.28. The number of rotatable bonds is 3. The monoisotopic (exact) mass is 221 g/mol. The van der Waals surface area contributed by atoms with Crippen molar-refractivity contribution in [1.82, 2.24) is 0 Å². The lowest BCUT2D eigenvalue weighted by molar-refractivity contribution is -0.180. The van der Waals surface area contributed by atoms with Crippen LogP contribution in [0.4, 0.5) is 13.2 Å². The van der Waals surface area contributed by atoms with Crippen molar-refractivity contribution in [3.05, 3.63) is 0 Å². The molecule has 0 aliphatic carbocycles. The van der Waals surface area contributed by atoms with Crippen LogP contribution in [-0.4, -0.2) is 30.6 Å². The van der Waals surface area contributed by atoms with Gasteiger partial charge in [-0.25, -0.2) is 8.42 Å². The molecule has 5 nitrogen and oxygen atoms in total. The van der Waals surface area contributed by atoms with Crippen molar-refractivity contribution in [3.8, 4) is 0 Å². The minimum atomic E-state index is -6.18. The highest BCUT2D eigenvalue weighted by Gasteiger charge is 2.49. The fourth-order valence-electron chi connectivity index (χ4n) is 0.328. The lowest BCUT2D eigenvalue weighted by Gasteiger charge is -2.22. The van der Waals surface area contributed by atoms with E-state index in [-0.39, 0.29) is 0 Å². The number of carbonyl (C=O) groups is 1. The van der Waals surface area contributed by atoms with E-state index in [4.69, 9.17) is 0 Å². The SMILES string of the molecule is CC(=O)OC(F)C(F)(F)S(=O)(=O)[O-]. The van der Waals surface area contributed by atoms with Gasteiger partial charge in [-0.15, -0.1) is 0 Å². The average molecular weight is 221 g/mol. The molecule has 0 radical (unpaired) electrons. The van der Waals surface area contributed by atoms with E-state index < -0.39 is 27.7 Å². The third-order valence-electron chi connectivity index (χ3n) is 0.867. The summed E-state index contributed by atoms with van der Waals surface area (Å²) in [7, 11) is -6.18. The summed E-state index contributed by atoms with van der Waals surface area (Å²) in [5.74, 6) is -1.46. The van der Waals surface area contributed by atoms with Crippen molar-refractivity contribution < 1.29 is 35.7 Å². The maximum absolute atomic E-state index is 12.2. The van der Waals surface area contributed by atoms with Gasteiger partial charge >= 0.3 is 17.6 Å². The van der Waals surface area contributed by atoms with Crippen LogP contribution in [-0.2, 0) is 19.6 Å². The maximum atomic E-state index is 12.2. The van der Waals surface area contributed by atoms with Gasteiger partial charge < -0.3 is 9.29 Å². The van der Waals surface area contributed by atoms with Crippen LogP contribution in [0.5, 0.6) is 0 Å². The molecule has 1 unspecified atom stereocenters. The second-order valence-electron chi connectivity index (χ2n) is 1.94. The summed E-state index contributed by atoms with van der Waals surface area (Å²) >= 11 is 0. The molecule has 9 heteroatoms. The molecule has 13 heavy (non-hydrogen) atoms. The van der Waals surface area contributed by atoms with Crippen molar-refractivity contribution in [2.45, 2.75) is 18.5 Å². The van der Waals surface area contributed by atoms with Crippen molar-refractivity contribution in [2.24, 2.45) is 0 Å². The van der Waals surface area contributed by atoms with E-state index in [1.54, 1.807) is 0 Å². The highest BCUT2D eigenvalue weighted by atomic mass is 32.2. The molecular formula is C4H4F3O5S-. The van der Waals surface area contributed by atoms with E-state index in [2.05, 4.69) is 4.74 Å². The van der Waals surface area contributed by atoms with Crippen LogP contribution in [0, 0.1) is 0 Å². The summed E-state index contributed by atoms with van der Waals surface area (Å²) in [6.07, 6.45) is -3.78. The van der Waals surface area contributed by atoms with Gasteiger partial charge in [-0.05, 0) is 0 Å². The quantitative estimate of drug-likeness (QED) is 0.494. The van der Waals surface area contributed by atoms with E-state index in [9.17, 15) is 30.9 Å². The summed E-state index contributed by atoms with van der Waals surface area (Å²) in [5.41, 5.74) is 0. The highest BCUT2D eigenvalue weighted by molar-refractivity contribution is 7.86. The zero-order valence-corrected chi connectivity index (χ0v) is 6.98. The molecular weight excluding hydrogens is 217 g/mol. The summed E-state index contributed by atoms with van der Waals surface area (Å²) in [6.45, 7) is 0.583. The van der Waals surface area contributed by atoms with Gasteiger partial charge in [0, 0.05) is 6.92 Å². The molecule has 0 aromatic heterocycles. The van der Waals surface area contributed by atoms with Gasteiger partial charge in [0.25, 0.3) is 0 Å². The first kappa shape index (κ1) is 12.2. The first-order chi connectivity index (χ1) is 5.59. The summed E-state index contributed by atoms with van der Waals surface area (Å²) in [6, 6.07) is 0. The lowest BCUT2D eigenvalue weighted by Crippen LogP contribution is -2.41. The van der Waals surface area contributed by atoms with Crippen LogP contribution in [0.2, 0.25) is 0 Å². The van der Waals surface area contributed by atoms with Gasteiger partial charge in [-0.2, -0.15) is 13.2 Å². The van der Waals surface area contributed by atoms with Crippen molar-refractivity contribution in [1.29, 1.82) is 0 Å². The predicted molar refractivity (Wildman–Crippen MR) is 31.3 cm³/mol. The molecule has 0 N–H and O–H groups in total. The van der Waals surface area contributed by atoms with E-state index >= 15 is 0 Å². The van der Waals surface area contributed by atoms with Crippen LogP contribution in [0.15, 0.2) is 0 Å². The van der Waals surface area contributed by atoms with Crippen LogP contribution < -0.4 is 0 Å². The minimum absolute atomic E-state index is 0.583. The average Bonchev–Trinajstić information content (AvgIpc) is 1.82. The smallest absolute Gasteiger partial charge is 0.399 e. The van der Waals surface area contributed by atoms with Gasteiger partial charge in [-0.3, -0.25) is 4.79 Å². The van der Waals surface area contributed by atoms with Crippen LogP contribution in [0.25, 0.3) is 0 Å². The fraction of sp³-hybridized carbons (Fsp3) is 0.750. The Bertz CT molecular complexity index is 297. The van der Waals surface area contributed by atoms with E-state index in [0.29, 0.717) is 6.92 Å². The number of halogens is 3. The fourth-order valence-corrected chi connectivity index (χ4v) is 0.603. The zero-order valence-electron chi connectivity index (χ0n) is 6.16. The molecule has 0 saturated carbocycles. The second-order valence-corrected chi connectivity index (χ2v) is 3.39. The van der Waals surface area contributed by atoms with Crippen LogP contribution >= 0.6 is 0 Å². The van der Waals surface area contributed by atoms with E-state index in [0.717, 1.165) is 0 Å². The number of ether oxygens (including phenoxy) is 1. The molecule has 78 valence electrons. The summed E-state index contributed by atoms with van der Waals surface area (Å²) in [4.78, 5) is 9.94. The zero-order chi connectivity index (χ0) is 10.9. The molecule has 0 saturated heterocycles. The predicted octanol–water partition coefficient (Wildman–Crippen LogP) is -0.0169. The van der Waals surface area contributed by atoms with Crippen molar-refractivity contribution in [3.63, 3.8) is 0 Å². The third kappa shape index (κ3) is 2.84. The molecule has 0 bridgehead atoms. The third-order valence-corrected chi connectivity index (χ3v) is 1.72. The molecule has 0 aromatic rings. The molecule has 0 aliphatic heterocycles. The summed E-state index contributed by atoms with van der Waals surface area (Å²) in [5, 5.41) is -5.27. The Morgan fingerprint density at radius 1 is 1.54 bits per heavy atom. The first-order valence-corrected chi connectivity index (χ1v) is 4.14. The van der Waals surface area contributed by atoms with Crippen LogP contribution in [0.3, 0.4) is 0 Å². The molecule has 0 heterocycles. The number of esters is 1. The highest BCUT2D eigenvalue weighted by Crippen LogP contribution is 2.27. The molecule has 0 amide bonds. The molecule has 0 aromatic carbocycles. The van der Waals surface area contributed by atoms with Gasteiger partial charge in [0.15, 0.2) is 10.1 Å². The normalized spacial score (nSPS) is 15.2. The maximum Gasteiger partial charge on any atom is 0.399 e. The Balaban J connectivity index is 4.75. The largest absolute Gasteiger partial charge is 0.743 e. The Hall–Kier alpha value is -0.830. The molecule has 0 fully saturated rings. The first-order valence-electron chi connectivity index (χ1n) is 2.73. The number of alkyl halides is 3. The van der Waals surface area contributed by atoms with Crippen LogP contribution in [0.1, 0.15) is 6.92 Å². The van der Waals surface area contributed by atoms with Gasteiger partial charge in [-0.1, -0.05) is 0 Å². The van der Waals surface area contributed by atoms with E-state index in [1.807, 2.05) is 0 Å². The van der Waals surface area contributed by atoms with Gasteiger partial charge in [0.1, 0.15) is 0 Å². The number of hydrogen-bond donors (Lipinski definition) is 0. The standard InChI is InChI=1S/C4H5F3O5S/c1-2(8)12-3(5)4(6,7)13(9,10)11/h3H,1H3,(H,9,10,11)/p-1. The number of hydrogen-bond acceptors (Lipinski definition) is 5. The summed E-state index contributed by atoms with van der Waals surface area (Å²) < 4.78 is 68.8. The Morgan fingerprint density at radius 2 is 1.92 bits per heavy atom. The lowest BCUT2D eigenvalue weighted by atomic mass is 10.7. The minimum Gasteiger partial charge on any atom is -0.743 e. The second kappa shape index (κ2) is 3.50. The molecule has 0 rings (SSSR count). The number of carbonyl (C=O) groups excluding carboxylic acids is 1. The topological polar surface area (TPSA) is 83.5 Å². The molecule has 0 aliphatic rings. The Morgan fingerprint density at radius 3 is 2.15 bits per heavy atom. The van der Waals surface area contributed by atoms with Gasteiger partial charge in [0.05, 0.1) is 0 Å². The van der Waals surface area contributed by atoms with Gasteiger partial charge in [0.2, 0.25) is 0 Å². The van der Waals surface area contributed by atoms with Crippen molar-refractivity contribution >= 4 is 16.1 Å². The Labute approximate surface area is 71.2 Å². The molecule has 0 spiro atoms. The van der Waals surface area contributed by atoms with E-state index in [1.165, 1.54) is 0 Å². The molecule has 1 atom stereocenters.